The maximum atomic E-state index is 5.74. The summed E-state index contributed by atoms with van der Waals surface area (Å²) in [6.07, 6.45) is 10.8. The number of nitrogens with one attached hydrogen (secondary N) is 1. The van der Waals surface area contributed by atoms with E-state index in [-0.39, 0.29) is 0 Å². The van der Waals surface area contributed by atoms with Crippen molar-refractivity contribution in [2.45, 2.75) is 38.3 Å². The summed E-state index contributed by atoms with van der Waals surface area (Å²) in [5.74, 6) is 0. The van der Waals surface area contributed by atoms with Gasteiger partial charge in [-0.2, -0.15) is 0 Å². The Labute approximate surface area is 96.4 Å². The standard InChI is InChI=1S/C12H19N3O/c1-2-4-12(3-1)16-8-7-14-10-11-9-13-5-6-15-11/h5-6,9,12,14H,1-4,7-8,10H2. The molecule has 88 valence electrons. The Morgan fingerprint density at radius 1 is 1.31 bits per heavy atom. The lowest BCUT2D eigenvalue weighted by molar-refractivity contribution is 0.0602. The van der Waals surface area contributed by atoms with Crippen molar-refractivity contribution in [1.82, 2.24) is 15.3 Å². The van der Waals surface area contributed by atoms with Gasteiger partial charge < -0.3 is 10.1 Å². The fraction of sp³-hybridized carbons (Fsp3) is 0.667. The first kappa shape index (κ1) is 11.5. The van der Waals surface area contributed by atoms with Gasteiger partial charge in [0.05, 0.1) is 18.4 Å². The summed E-state index contributed by atoms with van der Waals surface area (Å²) >= 11 is 0. The smallest absolute Gasteiger partial charge is 0.0724 e. The third-order valence-electron chi connectivity index (χ3n) is 2.86. The average molecular weight is 221 g/mol. The SMILES string of the molecule is c1cnc(CNCCOC2CCCC2)cn1. The highest BCUT2D eigenvalue weighted by atomic mass is 16.5. The van der Waals surface area contributed by atoms with Crippen LogP contribution in [0.5, 0.6) is 0 Å². The molecule has 1 aliphatic carbocycles. The van der Waals surface area contributed by atoms with Crippen molar-refractivity contribution < 1.29 is 4.74 Å². The summed E-state index contributed by atoms with van der Waals surface area (Å²) in [5.41, 5.74) is 0.975. The summed E-state index contributed by atoms with van der Waals surface area (Å²) < 4.78 is 5.74. The van der Waals surface area contributed by atoms with Crippen LogP contribution in [0.3, 0.4) is 0 Å². The number of ether oxygens (including phenoxy) is 1. The Morgan fingerprint density at radius 3 is 2.94 bits per heavy atom. The van der Waals surface area contributed by atoms with Crippen molar-refractivity contribution in [2.75, 3.05) is 13.2 Å². The van der Waals surface area contributed by atoms with Gasteiger partial charge in [0, 0.05) is 31.7 Å². The molecule has 0 spiro atoms. The fourth-order valence-corrected chi connectivity index (χ4v) is 1.99. The second-order valence-electron chi connectivity index (χ2n) is 4.15. The largest absolute Gasteiger partial charge is 0.377 e. The Balaban J connectivity index is 1.52. The van der Waals surface area contributed by atoms with Gasteiger partial charge in [0.25, 0.3) is 0 Å². The lowest BCUT2D eigenvalue weighted by atomic mass is 10.3. The van der Waals surface area contributed by atoms with Gasteiger partial charge >= 0.3 is 0 Å². The van der Waals surface area contributed by atoms with Crippen LogP contribution in [0.1, 0.15) is 31.4 Å². The molecule has 0 bridgehead atoms. The molecule has 4 nitrogen and oxygen atoms in total. The van der Waals surface area contributed by atoms with Gasteiger partial charge in [-0.3, -0.25) is 9.97 Å². The zero-order chi connectivity index (χ0) is 11.1. The molecule has 2 rings (SSSR count). The summed E-state index contributed by atoms with van der Waals surface area (Å²) in [7, 11) is 0. The molecule has 0 amide bonds. The lowest BCUT2D eigenvalue weighted by Crippen LogP contribution is -2.22. The van der Waals surface area contributed by atoms with Crippen LogP contribution in [0.25, 0.3) is 0 Å². The minimum Gasteiger partial charge on any atom is -0.377 e. The Morgan fingerprint density at radius 2 is 2.19 bits per heavy atom. The lowest BCUT2D eigenvalue weighted by Gasteiger charge is -2.11. The van der Waals surface area contributed by atoms with Gasteiger partial charge in [-0.1, -0.05) is 12.8 Å². The minimum absolute atomic E-state index is 0.512. The Hall–Kier alpha value is -1.00. The highest BCUT2D eigenvalue weighted by molar-refractivity contribution is 4.93. The minimum atomic E-state index is 0.512. The molecule has 1 N–H and O–H groups in total. The molecule has 0 radical (unpaired) electrons. The van der Waals surface area contributed by atoms with Gasteiger partial charge in [-0.25, -0.2) is 0 Å². The topological polar surface area (TPSA) is 47.0 Å². The van der Waals surface area contributed by atoms with Crippen molar-refractivity contribution in [3.05, 3.63) is 24.3 Å². The third-order valence-corrected chi connectivity index (χ3v) is 2.86. The van der Waals surface area contributed by atoms with Gasteiger partial charge in [-0.05, 0) is 12.8 Å². The third kappa shape index (κ3) is 3.87. The van der Waals surface area contributed by atoms with Crippen molar-refractivity contribution in [1.29, 1.82) is 0 Å². The maximum absolute atomic E-state index is 5.74. The van der Waals surface area contributed by atoms with Gasteiger partial charge in [0.1, 0.15) is 0 Å². The average Bonchev–Trinajstić information content (AvgIpc) is 2.83. The van der Waals surface area contributed by atoms with Crippen molar-refractivity contribution in [3.63, 3.8) is 0 Å². The van der Waals surface area contributed by atoms with E-state index in [1.807, 2.05) is 0 Å². The van der Waals surface area contributed by atoms with Crippen LogP contribution in [0.4, 0.5) is 0 Å². The van der Waals surface area contributed by atoms with E-state index >= 15 is 0 Å². The summed E-state index contributed by atoms with van der Waals surface area (Å²) in [4.78, 5) is 8.20. The van der Waals surface area contributed by atoms with Crippen LogP contribution >= 0.6 is 0 Å². The molecular weight excluding hydrogens is 202 g/mol. The fourth-order valence-electron chi connectivity index (χ4n) is 1.99. The quantitative estimate of drug-likeness (QED) is 0.740. The first-order valence-electron chi connectivity index (χ1n) is 6.02. The molecule has 0 saturated heterocycles. The molecular formula is C12H19N3O. The molecule has 0 aliphatic heterocycles. The van der Waals surface area contributed by atoms with E-state index in [0.29, 0.717) is 6.10 Å². The number of hydrogen-bond acceptors (Lipinski definition) is 4. The molecule has 1 fully saturated rings. The van der Waals surface area contributed by atoms with Crippen LogP contribution in [0.2, 0.25) is 0 Å². The number of rotatable bonds is 6. The first-order valence-corrected chi connectivity index (χ1v) is 6.02. The Kier molecular flexibility index (Phi) is 4.70. The molecule has 0 atom stereocenters. The number of hydrogen-bond donors (Lipinski definition) is 1. The molecule has 4 heteroatoms. The monoisotopic (exact) mass is 221 g/mol. The van der Waals surface area contributed by atoms with E-state index in [1.54, 1.807) is 18.6 Å². The van der Waals surface area contributed by atoms with Gasteiger partial charge in [0.2, 0.25) is 0 Å². The molecule has 0 aromatic carbocycles. The number of nitrogens with zero attached hydrogens (tertiary/aromatic N) is 2. The molecule has 0 unspecified atom stereocenters. The molecule has 16 heavy (non-hydrogen) atoms. The highest BCUT2D eigenvalue weighted by Gasteiger charge is 2.14. The first-order chi connectivity index (χ1) is 7.95. The van der Waals surface area contributed by atoms with Crippen LogP contribution in [0, 0.1) is 0 Å². The molecule has 1 saturated carbocycles. The molecule has 1 aliphatic rings. The summed E-state index contributed by atoms with van der Waals surface area (Å²) in [5, 5.41) is 3.30. The summed E-state index contributed by atoms with van der Waals surface area (Å²) in [6, 6.07) is 0. The van der Waals surface area contributed by atoms with Crippen molar-refractivity contribution >= 4 is 0 Å². The number of aromatic nitrogens is 2. The van der Waals surface area contributed by atoms with Crippen molar-refractivity contribution in [3.8, 4) is 0 Å². The normalized spacial score (nSPS) is 16.8. The highest BCUT2D eigenvalue weighted by Crippen LogP contribution is 2.20. The zero-order valence-electron chi connectivity index (χ0n) is 9.56. The predicted molar refractivity (Wildman–Crippen MR) is 61.9 cm³/mol. The van der Waals surface area contributed by atoms with Crippen molar-refractivity contribution in [2.24, 2.45) is 0 Å². The van der Waals surface area contributed by atoms with E-state index in [1.165, 1.54) is 25.7 Å². The second kappa shape index (κ2) is 6.55. The van der Waals surface area contributed by atoms with E-state index in [0.717, 1.165) is 25.4 Å². The zero-order valence-corrected chi connectivity index (χ0v) is 9.56. The Bertz CT molecular complexity index is 286. The molecule has 1 aromatic rings. The van der Waals surface area contributed by atoms with Gasteiger partial charge in [0.15, 0.2) is 0 Å². The van der Waals surface area contributed by atoms with Crippen LogP contribution < -0.4 is 5.32 Å². The molecule has 1 aromatic heterocycles. The summed E-state index contributed by atoms with van der Waals surface area (Å²) in [6.45, 7) is 2.44. The van der Waals surface area contributed by atoms with Gasteiger partial charge in [-0.15, -0.1) is 0 Å². The van der Waals surface area contributed by atoms with E-state index < -0.39 is 0 Å². The van der Waals surface area contributed by atoms with E-state index in [9.17, 15) is 0 Å². The second-order valence-corrected chi connectivity index (χ2v) is 4.15. The van der Waals surface area contributed by atoms with Crippen LogP contribution in [0.15, 0.2) is 18.6 Å². The molecule has 1 heterocycles. The van der Waals surface area contributed by atoms with E-state index in [4.69, 9.17) is 4.74 Å². The van der Waals surface area contributed by atoms with Crippen LogP contribution in [-0.2, 0) is 11.3 Å². The predicted octanol–water partition coefficient (Wildman–Crippen LogP) is 1.53. The van der Waals surface area contributed by atoms with E-state index in [2.05, 4.69) is 15.3 Å². The maximum Gasteiger partial charge on any atom is 0.0724 e. The van der Waals surface area contributed by atoms with Crippen LogP contribution in [-0.4, -0.2) is 29.2 Å².